The molecule has 2 amide bonds. The summed E-state index contributed by atoms with van der Waals surface area (Å²) in [6.45, 7) is 1.75. The van der Waals surface area contributed by atoms with E-state index in [0.717, 1.165) is 77.9 Å². The third-order valence-electron chi connectivity index (χ3n) is 8.93. The predicted molar refractivity (Wildman–Crippen MR) is 184 cm³/mol. The van der Waals surface area contributed by atoms with Crippen LogP contribution in [-0.4, -0.2) is 75.7 Å². The van der Waals surface area contributed by atoms with E-state index in [4.69, 9.17) is 10.5 Å². The number of ether oxygens (including phenoxy) is 2. The molecule has 50 heavy (non-hydrogen) atoms. The molecule has 1 aliphatic carbocycles. The molecule has 1 fully saturated rings. The van der Waals surface area contributed by atoms with Gasteiger partial charge in [-0.05, 0) is 70.6 Å². The summed E-state index contributed by atoms with van der Waals surface area (Å²) in [4.78, 5) is 54.6. The molecule has 0 unspecified atom stereocenters. The van der Waals surface area contributed by atoms with Crippen molar-refractivity contribution in [1.82, 2.24) is 23.9 Å². The van der Waals surface area contributed by atoms with Crippen molar-refractivity contribution in [3.8, 4) is 12.5 Å². The lowest BCUT2D eigenvalue weighted by atomic mass is 9.94. The monoisotopic (exact) mass is 724 g/mol. The molecule has 0 bridgehead atoms. The molecule has 1 heterocycles. The topological polar surface area (TPSA) is 222 Å². The summed E-state index contributed by atoms with van der Waals surface area (Å²) in [5.41, 5.74) is -1.88. The molecule has 282 valence electrons. The van der Waals surface area contributed by atoms with Crippen LogP contribution < -0.4 is 22.4 Å². The number of carbonyl (C=O) groups excluding carboxylic acids is 1. The van der Waals surface area contributed by atoms with E-state index in [9.17, 15) is 32.1 Å². The van der Waals surface area contributed by atoms with Gasteiger partial charge in [0, 0.05) is 44.5 Å². The van der Waals surface area contributed by atoms with Gasteiger partial charge in [-0.25, -0.2) is 41.3 Å². The maximum Gasteiger partial charge on any atom is 0.336 e. The number of nitrogens with one attached hydrogen (secondary N) is 1. The molecule has 0 aromatic carbocycles. The fourth-order valence-corrected chi connectivity index (χ4v) is 6.73. The molecule has 1 saturated carbocycles. The van der Waals surface area contributed by atoms with Crippen LogP contribution in [0.3, 0.4) is 0 Å². The summed E-state index contributed by atoms with van der Waals surface area (Å²) in [7, 11) is -4.35. The Labute approximate surface area is 294 Å². The molecule has 1 aliphatic rings. The zero-order valence-electron chi connectivity index (χ0n) is 29.2. The third kappa shape index (κ3) is 16.3. The molecule has 1 aromatic rings. The summed E-state index contributed by atoms with van der Waals surface area (Å²) in [5.74, 6) is -0.505. The zero-order valence-corrected chi connectivity index (χ0v) is 30.0. The van der Waals surface area contributed by atoms with Gasteiger partial charge in [-0.15, -0.1) is 0 Å². The number of urea groups is 1. The molecular formula is C33H54N7O9S-. The predicted octanol–water partition coefficient (Wildman–Crippen LogP) is 3.13. The van der Waals surface area contributed by atoms with Crippen molar-refractivity contribution in [3.05, 3.63) is 31.5 Å². The van der Waals surface area contributed by atoms with Crippen molar-refractivity contribution in [2.24, 2.45) is 0 Å². The Morgan fingerprint density at radius 2 is 1.16 bits per heavy atom. The van der Waals surface area contributed by atoms with Crippen LogP contribution >= 0.6 is 0 Å². The molecule has 0 spiro atoms. The Hall–Kier alpha value is -3.83. The first-order chi connectivity index (χ1) is 24.1. The molecule has 2 rings (SSSR count). The summed E-state index contributed by atoms with van der Waals surface area (Å²) >= 11 is 0. The summed E-state index contributed by atoms with van der Waals surface area (Å²) < 4.78 is 46.0. The van der Waals surface area contributed by atoms with E-state index < -0.39 is 32.9 Å². The van der Waals surface area contributed by atoms with Gasteiger partial charge in [0.05, 0.1) is 10.1 Å². The minimum absolute atomic E-state index is 0.0248. The van der Waals surface area contributed by atoms with Gasteiger partial charge in [0.1, 0.15) is 13.2 Å². The van der Waals surface area contributed by atoms with Gasteiger partial charge < -0.3 is 24.2 Å². The molecule has 0 saturated heterocycles. The number of unbranched alkanes of at least 4 members (excludes halogenated alkanes) is 9. The number of rotatable bonds is 26. The van der Waals surface area contributed by atoms with E-state index in [2.05, 4.69) is 14.8 Å². The highest BCUT2D eigenvalue weighted by molar-refractivity contribution is 7.85. The minimum atomic E-state index is -4.35. The first-order valence-electron chi connectivity index (χ1n) is 18.0. The molecule has 16 nitrogen and oxygen atoms in total. The van der Waals surface area contributed by atoms with Crippen molar-refractivity contribution in [1.29, 1.82) is 10.5 Å². The van der Waals surface area contributed by atoms with E-state index in [1.165, 1.54) is 0 Å². The third-order valence-corrected chi connectivity index (χ3v) is 9.71. The fourth-order valence-electron chi connectivity index (χ4n) is 6.24. The zero-order chi connectivity index (χ0) is 36.6. The SMILES string of the molecule is N#COCCCCCCn1c(=O)n(CCCCCCNC(=O)N(CCCS(=O)(=O)[O-])C2CCCCC2)c(=O)n(CCCCCCOC#N)c1=O. The van der Waals surface area contributed by atoms with Crippen LogP contribution in [-0.2, 0) is 39.2 Å². The summed E-state index contributed by atoms with van der Waals surface area (Å²) in [6.07, 6.45) is 16.2. The quantitative estimate of drug-likeness (QED) is 0.0830. The molecule has 1 N–H and O–H groups in total. The lowest BCUT2D eigenvalue weighted by Gasteiger charge is -2.34. The fraction of sp³-hybridized carbons (Fsp3) is 0.818. The number of nitriles is 2. The molecule has 17 heteroatoms. The molecule has 0 atom stereocenters. The summed E-state index contributed by atoms with van der Waals surface area (Å²) in [5, 5.41) is 19.9. The van der Waals surface area contributed by atoms with E-state index >= 15 is 0 Å². The standard InChI is InChI=1S/C33H55N7O9S/c34-27-48-24-14-5-3-12-21-39-31(42)38(32(43)40(33(39)44)22-13-4-6-15-25-49-28-35)20-11-2-1-10-19-36-30(41)37(23-16-26-50(45,46)47)29-17-8-7-9-18-29/h29H,1-26H2,(H,36,41)(H,45,46,47)/p-1. The second-order valence-corrected chi connectivity index (χ2v) is 14.3. The van der Waals surface area contributed by atoms with Crippen LogP contribution in [0.5, 0.6) is 0 Å². The van der Waals surface area contributed by atoms with Gasteiger partial charge in [0.2, 0.25) is 0 Å². The number of amides is 2. The van der Waals surface area contributed by atoms with Gasteiger partial charge in [-0.2, -0.15) is 10.5 Å². The van der Waals surface area contributed by atoms with Gasteiger partial charge >= 0.3 is 23.1 Å². The minimum Gasteiger partial charge on any atom is -0.748 e. The largest absolute Gasteiger partial charge is 0.748 e. The number of nitrogens with zero attached hydrogens (tertiary/aromatic N) is 6. The average Bonchev–Trinajstić information content (AvgIpc) is 3.09. The van der Waals surface area contributed by atoms with Gasteiger partial charge in [-0.3, -0.25) is 0 Å². The summed E-state index contributed by atoms with van der Waals surface area (Å²) in [6, 6.07) is -0.239. The Bertz CT molecular complexity index is 1450. The highest BCUT2D eigenvalue weighted by Crippen LogP contribution is 2.23. The molecular weight excluding hydrogens is 670 g/mol. The number of hydrogen-bond donors (Lipinski definition) is 1. The van der Waals surface area contributed by atoms with Crippen LogP contribution in [0.15, 0.2) is 14.4 Å². The first-order valence-corrected chi connectivity index (χ1v) is 19.6. The molecule has 0 aliphatic heterocycles. The van der Waals surface area contributed by atoms with E-state index in [-0.39, 0.29) is 44.7 Å². The molecule has 1 aromatic heterocycles. The van der Waals surface area contributed by atoms with Crippen molar-refractivity contribution in [3.63, 3.8) is 0 Å². The normalized spacial score (nSPS) is 13.3. The molecule has 0 radical (unpaired) electrons. The van der Waals surface area contributed by atoms with Gasteiger partial charge in [0.25, 0.3) is 12.5 Å². The first kappa shape index (κ1) is 42.3. The van der Waals surface area contributed by atoms with Crippen molar-refractivity contribution >= 4 is 16.1 Å². The van der Waals surface area contributed by atoms with E-state index in [1.807, 2.05) is 0 Å². The van der Waals surface area contributed by atoms with Crippen molar-refractivity contribution < 1.29 is 27.2 Å². The van der Waals surface area contributed by atoms with Gasteiger partial charge in [-0.1, -0.05) is 44.9 Å². The number of carbonyl (C=O) groups is 1. The van der Waals surface area contributed by atoms with Crippen LogP contribution in [0.25, 0.3) is 0 Å². The maximum atomic E-state index is 13.3. The number of hydrogen-bond acceptors (Lipinski definition) is 11. The van der Waals surface area contributed by atoms with Crippen LogP contribution in [0, 0.1) is 23.0 Å². The van der Waals surface area contributed by atoms with Gasteiger partial charge in [0.15, 0.2) is 0 Å². The van der Waals surface area contributed by atoms with Crippen molar-refractivity contribution in [2.75, 3.05) is 32.1 Å². The second kappa shape index (κ2) is 24.3. The lowest BCUT2D eigenvalue weighted by Crippen LogP contribution is -2.54. The Balaban J connectivity index is 1.94. The van der Waals surface area contributed by atoms with E-state index in [1.54, 1.807) is 17.4 Å². The Kier molecular flexibility index (Phi) is 20.6. The maximum absolute atomic E-state index is 13.3. The van der Waals surface area contributed by atoms with Crippen molar-refractivity contribution in [2.45, 2.75) is 141 Å². The highest BCUT2D eigenvalue weighted by atomic mass is 32.2. The van der Waals surface area contributed by atoms with Crippen LogP contribution in [0.1, 0.15) is 116 Å². The Morgan fingerprint density at radius 3 is 1.60 bits per heavy atom. The second-order valence-electron chi connectivity index (χ2n) is 12.8. The van der Waals surface area contributed by atoms with E-state index in [0.29, 0.717) is 64.7 Å². The lowest BCUT2D eigenvalue weighted by molar-refractivity contribution is 0.155. The number of aromatic nitrogens is 3. The van der Waals surface area contributed by atoms with Crippen LogP contribution in [0.2, 0.25) is 0 Å². The average molecular weight is 725 g/mol. The Morgan fingerprint density at radius 1 is 0.720 bits per heavy atom. The van der Waals surface area contributed by atoms with Crippen LogP contribution in [0.4, 0.5) is 4.79 Å². The highest BCUT2D eigenvalue weighted by Gasteiger charge is 2.25. The smallest absolute Gasteiger partial charge is 0.336 e.